The minimum atomic E-state index is 0. The molecule has 2 rings (SSSR count). The Bertz CT molecular complexity index is 459. The largest absolute Gasteiger partial charge is 1.00 e. The summed E-state index contributed by atoms with van der Waals surface area (Å²) in [5.74, 6) is 0. The summed E-state index contributed by atoms with van der Waals surface area (Å²) in [5, 5.41) is 0. The second kappa shape index (κ2) is 6.91. The summed E-state index contributed by atoms with van der Waals surface area (Å²) in [7, 11) is 0. The van der Waals surface area contributed by atoms with Crippen LogP contribution in [0.3, 0.4) is 0 Å². The average molecular weight is 463 g/mol. The van der Waals surface area contributed by atoms with Crippen molar-refractivity contribution in [3.05, 3.63) is 47.1 Å². The summed E-state index contributed by atoms with van der Waals surface area (Å²) in [5.41, 5.74) is 4.81. The first-order valence-corrected chi connectivity index (χ1v) is 8.32. The molecule has 0 heterocycles. The van der Waals surface area contributed by atoms with Gasteiger partial charge in [0.05, 0.1) is 0 Å². The Morgan fingerprint density at radius 3 is 2.16 bits per heavy atom. The molecule has 0 amide bonds. The van der Waals surface area contributed by atoms with Crippen molar-refractivity contribution in [2.45, 2.75) is 43.7 Å². The average Bonchev–Trinajstić information content (AvgIpc) is 2.81. The molecular formula is C16H21Cl2Hf. The Morgan fingerprint density at radius 2 is 1.74 bits per heavy atom. The van der Waals surface area contributed by atoms with Gasteiger partial charge in [-0.15, -0.1) is 0 Å². The zero-order chi connectivity index (χ0) is 12.7. The molecule has 3 heteroatoms. The molecule has 2 atom stereocenters. The minimum absolute atomic E-state index is 0. The molecule has 2 aliphatic rings. The van der Waals surface area contributed by atoms with Gasteiger partial charge in [0.25, 0.3) is 0 Å². The Balaban J connectivity index is 0.00000162. The molecule has 2 aliphatic carbocycles. The molecular weight excluding hydrogens is 442 g/mol. The topological polar surface area (TPSA) is 0 Å². The molecule has 0 aromatic heterocycles. The molecule has 0 nitrogen and oxygen atoms in total. The molecule has 0 saturated carbocycles. The monoisotopic (exact) mass is 463 g/mol. The third-order valence-corrected chi connectivity index (χ3v) is 6.80. The second-order valence-corrected chi connectivity index (χ2v) is 8.62. The van der Waals surface area contributed by atoms with Gasteiger partial charge in [0.15, 0.2) is 0 Å². The Kier molecular flexibility index (Phi) is 7.06. The zero-order valence-corrected chi connectivity index (χ0v) is 17.2. The standard InChI is InChI=1S/C16H21.2ClH.Hf/c1-5-13-7-8-14(6-2)15(13)16(4)10-9-12(3)11-16;;;/h7-11H,5-6H2,1-4H3;2*1H;/q;;;+2/p-2. The van der Waals surface area contributed by atoms with Crippen LogP contribution in [0.25, 0.3) is 0 Å². The van der Waals surface area contributed by atoms with Gasteiger partial charge in [-0.2, -0.15) is 0 Å². The molecule has 0 bridgehead atoms. The number of hydrogen-bond acceptors (Lipinski definition) is 0. The molecule has 0 spiro atoms. The quantitative estimate of drug-likeness (QED) is 0.468. The van der Waals surface area contributed by atoms with Crippen molar-refractivity contribution in [2.24, 2.45) is 5.41 Å². The number of allylic oxidation sites excluding steroid dienone is 8. The van der Waals surface area contributed by atoms with Crippen molar-refractivity contribution in [3.8, 4) is 0 Å². The van der Waals surface area contributed by atoms with E-state index in [0.717, 1.165) is 6.42 Å². The molecule has 0 radical (unpaired) electrons. The van der Waals surface area contributed by atoms with Gasteiger partial charge in [0.2, 0.25) is 0 Å². The van der Waals surface area contributed by atoms with E-state index in [1.54, 1.807) is 11.1 Å². The van der Waals surface area contributed by atoms with Crippen molar-refractivity contribution in [1.82, 2.24) is 0 Å². The fourth-order valence-corrected chi connectivity index (χ4v) is 4.98. The minimum Gasteiger partial charge on any atom is -1.00 e. The van der Waals surface area contributed by atoms with Crippen LogP contribution in [0.1, 0.15) is 40.5 Å². The number of rotatable bonds is 3. The summed E-state index contributed by atoms with van der Waals surface area (Å²) >= 11 is 1.21. The molecule has 0 aromatic carbocycles. The van der Waals surface area contributed by atoms with E-state index in [4.69, 9.17) is 0 Å². The molecule has 2 unspecified atom stereocenters. The molecule has 0 aliphatic heterocycles. The van der Waals surface area contributed by atoms with E-state index in [0.29, 0.717) is 3.17 Å². The Hall–Kier alpha value is 0.410. The van der Waals surface area contributed by atoms with Gasteiger partial charge in [-0.3, -0.25) is 0 Å². The number of halogens is 2. The van der Waals surface area contributed by atoms with Crippen LogP contribution >= 0.6 is 0 Å². The summed E-state index contributed by atoms with van der Waals surface area (Å²) in [6.45, 7) is 9.19. The fraction of sp³-hybridized carbons (Fsp3) is 0.500. The first-order chi connectivity index (χ1) is 7.95. The molecule has 19 heavy (non-hydrogen) atoms. The molecule has 0 N–H and O–H groups in total. The van der Waals surface area contributed by atoms with Crippen LogP contribution in [0.2, 0.25) is 3.17 Å². The van der Waals surface area contributed by atoms with Gasteiger partial charge in [-0.25, -0.2) is 0 Å². The third-order valence-electron chi connectivity index (χ3n) is 4.03. The maximum Gasteiger partial charge on any atom is -1.00 e. The first kappa shape index (κ1) is 19.4. The normalized spacial score (nSPS) is 32.2. The van der Waals surface area contributed by atoms with E-state index in [2.05, 4.69) is 58.1 Å². The second-order valence-electron chi connectivity index (χ2n) is 5.42. The van der Waals surface area contributed by atoms with Crippen molar-refractivity contribution in [2.75, 3.05) is 0 Å². The van der Waals surface area contributed by atoms with Crippen LogP contribution in [0, 0.1) is 5.41 Å². The van der Waals surface area contributed by atoms with E-state index in [-0.39, 0.29) is 30.2 Å². The maximum atomic E-state index is 2.47. The van der Waals surface area contributed by atoms with Crippen LogP contribution in [0.5, 0.6) is 0 Å². The van der Waals surface area contributed by atoms with Crippen molar-refractivity contribution in [1.29, 1.82) is 0 Å². The third kappa shape index (κ3) is 3.36. The van der Waals surface area contributed by atoms with Gasteiger partial charge >= 0.3 is 121 Å². The van der Waals surface area contributed by atoms with Crippen molar-refractivity contribution < 1.29 is 49.2 Å². The van der Waals surface area contributed by atoms with E-state index in [1.165, 1.54) is 36.4 Å². The van der Waals surface area contributed by atoms with Crippen LogP contribution in [-0.4, -0.2) is 0 Å². The summed E-state index contributed by atoms with van der Waals surface area (Å²) in [6.07, 6.45) is 14.4. The summed E-state index contributed by atoms with van der Waals surface area (Å²) < 4.78 is 0.381. The van der Waals surface area contributed by atoms with E-state index < -0.39 is 0 Å². The van der Waals surface area contributed by atoms with Crippen LogP contribution < -0.4 is 24.8 Å². The first-order valence-electron chi connectivity index (χ1n) is 6.52. The summed E-state index contributed by atoms with van der Waals surface area (Å²) in [4.78, 5) is 0. The predicted molar refractivity (Wildman–Crippen MR) is 70.4 cm³/mol. The molecule has 0 aromatic rings. The Labute approximate surface area is 144 Å². The SMILES string of the molecule is CCC1=C(C2(C)C=CC(C)=C2)[C]([Hf+2])(CC)C=C1.[Cl-].[Cl-]. The molecule has 0 fully saturated rings. The van der Waals surface area contributed by atoms with Crippen molar-refractivity contribution >= 4 is 0 Å². The predicted octanol–water partition coefficient (Wildman–Crippen LogP) is -1.09. The number of hydrogen-bond donors (Lipinski definition) is 0. The van der Waals surface area contributed by atoms with Gasteiger partial charge in [-0.05, 0) is 0 Å². The van der Waals surface area contributed by atoms with Crippen LogP contribution in [-0.2, 0) is 24.4 Å². The summed E-state index contributed by atoms with van der Waals surface area (Å²) in [6, 6.07) is 0. The molecule has 0 saturated heterocycles. The Morgan fingerprint density at radius 1 is 1.11 bits per heavy atom. The smallest absolute Gasteiger partial charge is 1.00 e. The van der Waals surface area contributed by atoms with Crippen molar-refractivity contribution in [3.63, 3.8) is 0 Å². The zero-order valence-electron chi connectivity index (χ0n) is 12.1. The van der Waals surface area contributed by atoms with Gasteiger partial charge < -0.3 is 24.8 Å². The molecule has 103 valence electrons. The van der Waals surface area contributed by atoms with E-state index in [1.807, 2.05) is 0 Å². The maximum absolute atomic E-state index is 2.47. The van der Waals surface area contributed by atoms with Crippen LogP contribution in [0.4, 0.5) is 0 Å². The van der Waals surface area contributed by atoms with Gasteiger partial charge in [0.1, 0.15) is 0 Å². The van der Waals surface area contributed by atoms with Gasteiger partial charge in [-0.1, -0.05) is 0 Å². The van der Waals surface area contributed by atoms with Gasteiger partial charge in [0, 0.05) is 0 Å². The van der Waals surface area contributed by atoms with Crippen LogP contribution in [0.15, 0.2) is 47.1 Å². The fourth-order valence-electron chi connectivity index (χ4n) is 3.14. The van der Waals surface area contributed by atoms with E-state index >= 15 is 0 Å². The van der Waals surface area contributed by atoms with E-state index in [9.17, 15) is 0 Å².